The van der Waals surface area contributed by atoms with Gasteiger partial charge in [-0.2, -0.15) is 0 Å². The number of hydrogen-bond acceptors (Lipinski definition) is 4. The molecule has 0 bridgehead atoms. The quantitative estimate of drug-likeness (QED) is 0.529. The van der Waals surface area contributed by atoms with Gasteiger partial charge in [0.15, 0.2) is 0 Å². The lowest BCUT2D eigenvalue weighted by molar-refractivity contribution is 0.0603. The van der Waals surface area contributed by atoms with Crippen LogP contribution in [0.5, 0.6) is 0 Å². The number of methoxy groups -OCH3 is 1. The Hall–Kier alpha value is -2.53. The molecule has 5 heteroatoms. The van der Waals surface area contributed by atoms with Crippen molar-refractivity contribution >= 4 is 34.5 Å². The Kier molecular flexibility index (Phi) is 4.71. The number of para-hydroxylation sites is 1. The topological polar surface area (TPSA) is 48.3 Å². The van der Waals surface area contributed by atoms with Crippen LogP contribution in [-0.4, -0.2) is 29.3 Å². The minimum absolute atomic E-state index is 0.0769. The molecule has 0 aliphatic carbocycles. The Balaban J connectivity index is 1.87. The van der Waals surface area contributed by atoms with E-state index in [2.05, 4.69) is 0 Å². The van der Waals surface area contributed by atoms with Gasteiger partial charge in [0.25, 0.3) is 0 Å². The first kappa shape index (κ1) is 16.3. The maximum Gasteiger partial charge on any atom is 0.340 e. The number of aryl methyl sites for hydroxylation is 1. The Labute approximate surface area is 144 Å². The van der Waals surface area contributed by atoms with Crippen molar-refractivity contribution in [1.29, 1.82) is 0 Å². The molecule has 2 aromatic carbocycles. The van der Waals surface area contributed by atoms with Crippen molar-refractivity contribution < 1.29 is 14.3 Å². The van der Waals surface area contributed by atoms with Gasteiger partial charge in [-0.05, 0) is 25.1 Å². The predicted molar refractivity (Wildman–Crippen MR) is 95.8 cm³/mol. The third kappa shape index (κ3) is 3.21. The molecule has 0 N–H and O–H groups in total. The molecule has 0 atom stereocenters. The summed E-state index contributed by atoms with van der Waals surface area (Å²) in [4.78, 5) is 25.6. The molecule has 0 saturated carbocycles. The molecule has 1 aromatic heterocycles. The molecule has 0 amide bonds. The van der Waals surface area contributed by atoms with Crippen molar-refractivity contribution in [3.05, 3.63) is 65.9 Å². The van der Waals surface area contributed by atoms with E-state index in [0.717, 1.165) is 10.3 Å². The molecule has 0 aliphatic heterocycles. The maximum atomic E-state index is 12.6. The first-order valence-electron chi connectivity index (χ1n) is 7.51. The molecule has 4 nitrogen and oxygen atoms in total. The van der Waals surface area contributed by atoms with Crippen LogP contribution in [0.15, 0.2) is 59.6 Å². The summed E-state index contributed by atoms with van der Waals surface area (Å²) in [5.74, 6) is -0.224. The Bertz CT molecular complexity index is 897. The maximum absolute atomic E-state index is 12.6. The number of fused-ring (bicyclic) bond motifs is 1. The molecular weight excluding hydrogens is 322 g/mol. The minimum Gasteiger partial charge on any atom is -0.465 e. The number of hydrogen-bond donors (Lipinski definition) is 0. The van der Waals surface area contributed by atoms with Crippen LogP contribution >= 0.6 is 11.8 Å². The molecule has 3 aromatic rings. The molecule has 122 valence electrons. The van der Waals surface area contributed by atoms with E-state index in [1.54, 1.807) is 6.20 Å². The van der Waals surface area contributed by atoms with E-state index in [4.69, 9.17) is 4.74 Å². The Morgan fingerprint density at radius 1 is 1.08 bits per heavy atom. The lowest BCUT2D eigenvalue weighted by Crippen LogP contribution is -2.12. The summed E-state index contributed by atoms with van der Waals surface area (Å²) in [6.45, 7) is 2.03. The van der Waals surface area contributed by atoms with Crippen LogP contribution in [0.3, 0.4) is 0 Å². The smallest absolute Gasteiger partial charge is 0.340 e. The van der Waals surface area contributed by atoms with E-state index < -0.39 is 5.97 Å². The molecule has 0 aliphatic rings. The molecule has 0 saturated heterocycles. The van der Waals surface area contributed by atoms with Gasteiger partial charge in [0.1, 0.15) is 0 Å². The van der Waals surface area contributed by atoms with Crippen molar-refractivity contribution in [2.75, 3.05) is 12.9 Å². The Morgan fingerprint density at radius 2 is 1.79 bits per heavy atom. The summed E-state index contributed by atoms with van der Waals surface area (Å²) in [6, 6.07) is 15.4. The van der Waals surface area contributed by atoms with Gasteiger partial charge in [-0.1, -0.05) is 35.9 Å². The van der Waals surface area contributed by atoms with Gasteiger partial charge in [0.2, 0.25) is 5.91 Å². The molecule has 24 heavy (non-hydrogen) atoms. The number of nitrogens with zero attached hydrogens (tertiary/aromatic N) is 1. The fourth-order valence-corrected chi connectivity index (χ4v) is 3.27. The average Bonchev–Trinajstić information content (AvgIpc) is 3.00. The van der Waals surface area contributed by atoms with E-state index in [0.29, 0.717) is 16.8 Å². The van der Waals surface area contributed by atoms with Crippen molar-refractivity contribution in [1.82, 2.24) is 4.57 Å². The molecule has 0 spiro atoms. The standard InChI is InChI=1S/C19H17NO3S/c1-13-7-9-14(10-8-13)24-12-18(21)20-11-16(19(22)23-2)15-5-3-4-6-17(15)20/h3-11H,12H2,1-2H3. The minimum atomic E-state index is -0.441. The average molecular weight is 339 g/mol. The second-order valence-electron chi connectivity index (χ2n) is 5.42. The second kappa shape index (κ2) is 6.93. The molecular formula is C19H17NO3S. The number of carbonyl (C=O) groups excluding carboxylic acids is 2. The van der Waals surface area contributed by atoms with Gasteiger partial charge < -0.3 is 4.74 Å². The van der Waals surface area contributed by atoms with E-state index in [1.807, 2.05) is 55.5 Å². The van der Waals surface area contributed by atoms with Crippen LogP contribution in [0, 0.1) is 6.92 Å². The molecule has 1 heterocycles. The molecule has 3 rings (SSSR count). The summed E-state index contributed by atoms with van der Waals surface area (Å²) >= 11 is 1.48. The van der Waals surface area contributed by atoms with Gasteiger partial charge in [-0.25, -0.2) is 4.79 Å². The van der Waals surface area contributed by atoms with E-state index >= 15 is 0 Å². The number of ether oxygens (including phenoxy) is 1. The predicted octanol–water partition coefficient (Wildman–Crippen LogP) is 4.17. The van der Waals surface area contributed by atoms with Crippen LogP contribution in [0.2, 0.25) is 0 Å². The van der Waals surface area contributed by atoms with Gasteiger partial charge >= 0.3 is 5.97 Å². The summed E-state index contributed by atoms with van der Waals surface area (Å²) < 4.78 is 6.34. The van der Waals surface area contributed by atoms with Gasteiger partial charge in [0.05, 0.1) is 23.9 Å². The normalized spacial score (nSPS) is 10.8. The number of benzene rings is 2. The number of rotatable bonds is 4. The summed E-state index contributed by atoms with van der Waals surface area (Å²) in [5.41, 5.74) is 2.30. The molecule has 0 fully saturated rings. The first-order valence-corrected chi connectivity index (χ1v) is 8.50. The van der Waals surface area contributed by atoms with Crippen LogP contribution < -0.4 is 0 Å². The fourth-order valence-electron chi connectivity index (χ4n) is 2.51. The van der Waals surface area contributed by atoms with Gasteiger partial charge in [-0.15, -0.1) is 11.8 Å². The molecule has 0 unspecified atom stereocenters. The lowest BCUT2D eigenvalue weighted by Gasteiger charge is -2.04. The monoisotopic (exact) mass is 339 g/mol. The third-order valence-corrected chi connectivity index (χ3v) is 4.77. The Morgan fingerprint density at radius 3 is 2.50 bits per heavy atom. The zero-order chi connectivity index (χ0) is 17.1. The number of thioether (sulfide) groups is 1. The lowest BCUT2D eigenvalue weighted by atomic mass is 10.2. The highest BCUT2D eigenvalue weighted by Gasteiger charge is 2.18. The summed E-state index contributed by atoms with van der Waals surface area (Å²) in [6.07, 6.45) is 1.56. The second-order valence-corrected chi connectivity index (χ2v) is 6.47. The van der Waals surface area contributed by atoms with Crippen LogP contribution in [0.4, 0.5) is 0 Å². The zero-order valence-electron chi connectivity index (χ0n) is 13.5. The van der Waals surface area contributed by atoms with E-state index in [-0.39, 0.29) is 5.91 Å². The van der Waals surface area contributed by atoms with Crippen LogP contribution in [0.1, 0.15) is 20.7 Å². The number of aromatic nitrogens is 1. The fraction of sp³-hybridized carbons (Fsp3) is 0.158. The largest absolute Gasteiger partial charge is 0.465 e. The van der Waals surface area contributed by atoms with E-state index in [9.17, 15) is 9.59 Å². The first-order chi connectivity index (χ1) is 11.6. The van der Waals surface area contributed by atoms with Gasteiger partial charge in [0, 0.05) is 16.5 Å². The van der Waals surface area contributed by atoms with Crippen molar-refractivity contribution in [3.8, 4) is 0 Å². The summed E-state index contributed by atoms with van der Waals surface area (Å²) in [7, 11) is 1.34. The number of esters is 1. The summed E-state index contributed by atoms with van der Waals surface area (Å²) in [5, 5.41) is 0.720. The SMILES string of the molecule is COC(=O)c1cn(C(=O)CSc2ccc(C)cc2)c2ccccc12. The highest BCUT2D eigenvalue weighted by atomic mass is 32.2. The van der Waals surface area contributed by atoms with E-state index in [1.165, 1.54) is 29.0 Å². The number of carbonyl (C=O) groups is 2. The highest BCUT2D eigenvalue weighted by Crippen LogP contribution is 2.24. The van der Waals surface area contributed by atoms with Crippen molar-refractivity contribution in [2.45, 2.75) is 11.8 Å². The van der Waals surface area contributed by atoms with Crippen LogP contribution in [-0.2, 0) is 4.74 Å². The third-order valence-electron chi connectivity index (χ3n) is 3.77. The zero-order valence-corrected chi connectivity index (χ0v) is 14.3. The molecule has 0 radical (unpaired) electrons. The van der Waals surface area contributed by atoms with Crippen molar-refractivity contribution in [2.24, 2.45) is 0 Å². The van der Waals surface area contributed by atoms with Gasteiger partial charge in [-0.3, -0.25) is 9.36 Å². The van der Waals surface area contributed by atoms with Crippen molar-refractivity contribution in [3.63, 3.8) is 0 Å². The highest BCUT2D eigenvalue weighted by molar-refractivity contribution is 8.00. The van der Waals surface area contributed by atoms with Crippen LogP contribution in [0.25, 0.3) is 10.9 Å².